The van der Waals surface area contributed by atoms with Gasteiger partial charge in [0.05, 0.1) is 25.0 Å². The molecule has 7 nitrogen and oxygen atoms in total. The minimum atomic E-state index is -0.259. The van der Waals surface area contributed by atoms with Gasteiger partial charge in [0.25, 0.3) is 11.5 Å². The first kappa shape index (κ1) is 13.5. The van der Waals surface area contributed by atoms with Crippen LogP contribution >= 0.6 is 0 Å². The molecule has 1 fully saturated rings. The lowest BCUT2D eigenvalue weighted by atomic mass is 10.2. The van der Waals surface area contributed by atoms with E-state index in [1.165, 1.54) is 4.57 Å². The molecule has 110 valence electrons. The molecular formula is C14H17N5O2. The van der Waals surface area contributed by atoms with Crippen molar-refractivity contribution >= 4 is 5.91 Å². The van der Waals surface area contributed by atoms with E-state index < -0.39 is 0 Å². The quantitative estimate of drug-likeness (QED) is 0.813. The van der Waals surface area contributed by atoms with E-state index in [4.69, 9.17) is 0 Å². The molecule has 2 aromatic heterocycles. The topological polar surface area (TPSA) is 73.0 Å². The minimum Gasteiger partial charge on any atom is -0.334 e. The number of amides is 1. The highest BCUT2D eigenvalue weighted by atomic mass is 16.2. The Kier molecular flexibility index (Phi) is 3.55. The van der Waals surface area contributed by atoms with Crippen molar-refractivity contribution < 1.29 is 4.79 Å². The van der Waals surface area contributed by atoms with Gasteiger partial charge in [0, 0.05) is 19.8 Å². The molecule has 1 aliphatic rings. The maximum Gasteiger partial charge on any atom is 0.263 e. The van der Waals surface area contributed by atoms with Crippen LogP contribution in [0.25, 0.3) is 0 Å². The van der Waals surface area contributed by atoms with Crippen LogP contribution in [0, 0.1) is 0 Å². The van der Waals surface area contributed by atoms with Crippen molar-refractivity contribution in [2.45, 2.75) is 25.4 Å². The van der Waals surface area contributed by atoms with Crippen LogP contribution in [0.4, 0.5) is 0 Å². The zero-order valence-electron chi connectivity index (χ0n) is 11.8. The fourth-order valence-electron chi connectivity index (χ4n) is 2.73. The van der Waals surface area contributed by atoms with Crippen molar-refractivity contribution in [3.05, 3.63) is 46.6 Å². The number of aromatic nitrogens is 4. The van der Waals surface area contributed by atoms with Gasteiger partial charge in [0.15, 0.2) is 0 Å². The molecule has 21 heavy (non-hydrogen) atoms. The third-order valence-corrected chi connectivity index (χ3v) is 3.83. The van der Waals surface area contributed by atoms with Gasteiger partial charge >= 0.3 is 0 Å². The molecule has 1 atom stereocenters. The molecule has 1 amide bonds. The van der Waals surface area contributed by atoms with Gasteiger partial charge in [0.2, 0.25) is 0 Å². The normalized spacial score (nSPS) is 18.1. The molecule has 3 heterocycles. The summed E-state index contributed by atoms with van der Waals surface area (Å²) in [6, 6.07) is 3.34. The van der Waals surface area contributed by atoms with Gasteiger partial charge in [-0.1, -0.05) is 0 Å². The monoisotopic (exact) mass is 287 g/mol. The predicted molar refractivity (Wildman–Crippen MR) is 75.8 cm³/mol. The molecular weight excluding hydrogens is 270 g/mol. The Labute approximate surface area is 121 Å². The molecule has 0 N–H and O–H groups in total. The molecule has 1 aliphatic heterocycles. The molecule has 0 spiro atoms. The van der Waals surface area contributed by atoms with Gasteiger partial charge in [-0.3, -0.25) is 9.59 Å². The van der Waals surface area contributed by atoms with Crippen molar-refractivity contribution in [3.8, 4) is 0 Å². The van der Waals surface area contributed by atoms with E-state index in [-0.39, 0.29) is 23.1 Å². The third kappa shape index (κ3) is 2.58. The fourth-order valence-corrected chi connectivity index (χ4v) is 2.73. The maximum atomic E-state index is 12.6. The van der Waals surface area contributed by atoms with Crippen molar-refractivity contribution in [1.29, 1.82) is 0 Å². The first-order valence-electron chi connectivity index (χ1n) is 6.97. The van der Waals surface area contributed by atoms with Crippen LogP contribution in [0.15, 0.2) is 35.5 Å². The Balaban J connectivity index is 1.83. The number of hydrogen-bond acceptors (Lipinski definition) is 4. The summed E-state index contributed by atoms with van der Waals surface area (Å²) in [5.41, 5.74) is -0.0364. The maximum absolute atomic E-state index is 12.6. The van der Waals surface area contributed by atoms with E-state index in [9.17, 15) is 9.59 Å². The summed E-state index contributed by atoms with van der Waals surface area (Å²) in [4.78, 5) is 28.0. The van der Waals surface area contributed by atoms with Crippen LogP contribution < -0.4 is 5.56 Å². The zero-order chi connectivity index (χ0) is 14.8. The summed E-state index contributed by atoms with van der Waals surface area (Å²) >= 11 is 0. The summed E-state index contributed by atoms with van der Waals surface area (Å²) in [5.74, 6) is -0.203. The van der Waals surface area contributed by atoms with E-state index in [0.29, 0.717) is 13.1 Å². The smallest absolute Gasteiger partial charge is 0.263 e. The Hall–Kier alpha value is -2.44. The predicted octanol–water partition coefficient (Wildman–Crippen LogP) is 0.282. The Morgan fingerprint density at radius 1 is 1.38 bits per heavy atom. The molecule has 7 heteroatoms. The second kappa shape index (κ2) is 5.51. The van der Waals surface area contributed by atoms with Crippen molar-refractivity contribution in [2.75, 3.05) is 6.54 Å². The van der Waals surface area contributed by atoms with Gasteiger partial charge in [-0.15, -0.1) is 0 Å². The van der Waals surface area contributed by atoms with Gasteiger partial charge in [-0.2, -0.15) is 15.0 Å². The van der Waals surface area contributed by atoms with E-state index in [1.54, 1.807) is 47.5 Å². The number of carbonyl (C=O) groups is 1. The summed E-state index contributed by atoms with van der Waals surface area (Å²) < 4.78 is 1.42. The molecule has 0 radical (unpaired) electrons. The van der Waals surface area contributed by atoms with Crippen LogP contribution in [-0.4, -0.2) is 43.0 Å². The number of pyridine rings is 1. The summed E-state index contributed by atoms with van der Waals surface area (Å²) in [7, 11) is 1.65. The van der Waals surface area contributed by atoms with E-state index in [1.807, 2.05) is 0 Å². The zero-order valence-corrected chi connectivity index (χ0v) is 11.8. The number of rotatable bonds is 3. The van der Waals surface area contributed by atoms with Crippen molar-refractivity contribution in [1.82, 2.24) is 24.5 Å². The van der Waals surface area contributed by atoms with Crippen LogP contribution in [0.1, 0.15) is 23.2 Å². The molecule has 3 rings (SSSR count). The molecule has 0 aliphatic carbocycles. The second-order valence-corrected chi connectivity index (χ2v) is 5.22. The SMILES string of the molecule is Cn1cccc(C(=O)N2CCCC2Cn2nccn2)c1=O. The molecule has 0 aromatic carbocycles. The number of aryl methyl sites for hydroxylation is 1. The average molecular weight is 287 g/mol. The van der Waals surface area contributed by atoms with Gasteiger partial charge in [0.1, 0.15) is 5.56 Å². The fraction of sp³-hybridized carbons (Fsp3) is 0.429. The number of hydrogen-bond donors (Lipinski definition) is 0. The van der Waals surface area contributed by atoms with Crippen LogP contribution in [0.3, 0.4) is 0 Å². The molecule has 2 aromatic rings. The lowest BCUT2D eigenvalue weighted by molar-refractivity contribution is 0.0716. The Bertz CT molecular complexity index is 692. The van der Waals surface area contributed by atoms with Gasteiger partial charge in [-0.25, -0.2) is 0 Å². The lowest BCUT2D eigenvalue weighted by Gasteiger charge is -2.24. The van der Waals surface area contributed by atoms with E-state index >= 15 is 0 Å². The minimum absolute atomic E-state index is 0.0369. The highest BCUT2D eigenvalue weighted by molar-refractivity contribution is 5.94. The van der Waals surface area contributed by atoms with Crippen molar-refractivity contribution in [2.24, 2.45) is 7.05 Å². The van der Waals surface area contributed by atoms with Gasteiger partial charge < -0.3 is 9.47 Å². The molecule has 0 bridgehead atoms. The molecule has 1 saturated heterocycles. The Morgan fingerprint density at radius 3 is 2.90 bits per heavy atom. The van der Waals surface area contributed by atoms with E-state index in [2.05, 4.69) is 10.2 Å². The highest BCUT2D eigenvalue weighted by Crippen LogP contribution is 2.20. The number of nitrogens with zero attached hydrogens (tertiary/aromatic N) is 5. The Morgan fingerprint density at radius 2 is 2.14 bits per heavy atom. The molecule has 0 saturated carbocycles. The van der Waals surface area contributed by atoms with E-state index in [0.717, 1.165) is 12.8 Å². The summed E-state index contributed by atoms with van der Waals surface area (Å²) in [6.45, 7) is 1.23. The standard InChI is InChI=1S/C14H17N5O2/c1-17-8-3-5-12(13(17)20)14(21)18-9-2-4-11(18)10-19-15-6-7-16-19/h3,5-8,11H,2,4,9-10H2,1H3. The van der Waals surface area contributed by atoms with Crippen LogP contribution in [0.5, 0.6) is 0 Å². The van der Waals surface area contributed by atoms with Crippen molar-refractivity contribution in [3.63, 3.8) is 0 Å². The first-order chi connectivity index (χ1) is 10.2. The lowest BCUT2D eigenvalue weighted by Crippen LogP contribution is -2.41. The average Bonchev–Trinajstić information content (AvgIpc) is 3.13. The van der Waals surface area contributed by atoms with Crippen LogP contribution in [-0.2, 0) is 13.6 Å². The first-order valence-corrected chi connectivity index (χ1v) is 6.97. The largest absolute Gasteiger partial charge is 0.334 e. The highest BCUT2D eigenvalue weighted by Gasteiger charge is 2.31. The second-order valence-electron chi connectivity index (χ2n) is 5.22. The number of likely N-dealkylation sites (tertiary alicyclic amines) is 1. The summed E-state index contributed by atoms with van der Waals surface area (Å²) in [5, 5.41) is 8.16. The van der Waals surface area contributed by atoms with Crippen LogP contribution in [0.2, 0.25) is 0 Å². The van der Waals surface area contributed by atoms with Gasteiger partial charge in [-0.05, 0) is 25.0 Å². The third-order valence-electron chi connectivity index (χ3n) is 3.83. The number of carbonyl (C=O) groups excluding carboxylic acids is 1. The summed E-state index contributed by atoms with van der Waals surface area (Å²) in [6.07, 6.45) is 6.72. The molecule has 1 unspecified atom stereocenters.